The van der Waals surface area contributed by atoms with Gasteiger partial charge in [-0.3, -0.25) is 14.9 Å². The van der Waals surface area contributed by atoms with Gasteiger partial charge in [0.1, 0.15) is 0 Å². The summed E-state index contributed by atoms with van der Waals surface area (Å²) in [7, 11) is 0. The Labute approximate surface area is 246 Å². The van der Waals surface area contributed by atoms with Crippen LogP contribution in [0.4, 0.5) is 16.7 Å². The zero-order valence-electron chi connectivity index (χ0n) is 22.7. The highest BCUT2D eigenvalue weighted by atomic mass is 16.2. The summed E-state index contributed by atoms with van der Waals surface area (Å²) in [6.07, 6.45) is 2.47. The first-order valence-electron chi connectivity index (χ1n) is 14.0. The van der Waals surface area contributed by atoms with Crippen LogP contribution < -0.4 is 21.6 Å². The smallest absolute Gasteiger partial charge is 0.328 e. The summed E-state index contributed by atoms with van der Waals surface area (Å²) < 4.78 is 4.49. The van der Waals surface area contributed by atoms with E-state index in [0.29, 0.717) is 39.4 Å². The molecule has 0 aliphatic carbocycles. The Morgan fingerprint density at radius 1 is 0.705 bits per heavy atom. The number of anilines is 2. The molecule has 0 saturated carbocycles. The second-order valence-electron chi connectivity index (χ2n) is 10.9. The molecule has 3 N–H and O–H groups in total. The van der Waals surface area contributed by atoms with Gasteiger partial charge in [-0.05, 0) is 48.5 Å². The number of hydrogen-bond donors (Lipinski definition) is 3. The molecule has 3 atom stereocenters. The van der Waals surface area contributed by atoms with Crippen molar-refractivity contribution in [2.24, 2.45) is 0 Å². The lowest BCUT2D eigenvalue weighted by Crippen LogP contribution is -2.65. The van der Waals surface area contributed by atoms with Gasteiger partial charge in [-0.15, -0.1) is 0 Å². The van der Waals surface area contributed by atoms with Gasteiger partial charge in [0.2, 0.25) is 23.3 Å². The number of imidazole rings is 2. The van der Waals surface area contributed by atoms with E-state index in [1.165, 1.54) is 13.5 Å². The van der Waals surface area contributed by atoms with E-state index in [1.807, 2.05) is 72.8 Å². The average Bonchev–Trinajstić information content (AvgIpc) is 3.77. The lowest BCUT2D eigenvalue weighted by molar-refractivity contribution is 0.0718. The Hall–Kier alpha value is -6.15. The molecule has 7 aromatic rings. The largest absolute Gasteiger partial charge is 0.340 e. The van der Waals surface area contributed by atoms with Gasteiger partial charge in [0.15, 0.2) is 12.0 Å². The molecule has 44 heavy (non-hydrogen) atoms. The van der Waals surface area contributed by atoms with E-state index < -0.39 is 29.3 Å². The first-order chi connectivity index (χ1) is 21.6. The maximum atomic E-state index is 15.0. The molecule has 10 rings (SSSR count). The number of pyridine rings is 2. The third kappa shape index (κ3) is 2.54. The molecule has 0 bridgehead atoms. The first-order valence-corrected chi connectivity index (χ1v) is 14.0. The van der Waals surface area contributed by atoms with Crippen LogP contribution in [0.1, 0.15) is 11.4 Å². The van der Waals surface area contributed by atoms with Crippen molar-refractivity contribution in [3.63, 3.8) is 0 Å². The molecule has 1 saturated heterocycles. The van der Waals surface area contributed by atoms with Crippen LogP contribution in [0.3, 0.4) is 0 Å². The number of carbonyl (C=O) groups excluding carboxylic acids is 1. The van der Waals surface area contributed by atoms with Crippen molar-refractivity contribution in [1.82, 2.24) is 48.7 Å². The van der Waals surface area contributed by atoms with Gasteiger partial charge in [0, 0.05) is 12.4 Å². The normalized spacial score (nSPS) is 23.3. The standard InChI is InChI=1S/C30H20N12O2/c43-27-39-19-11-3-1-9-17(19)33-23(39)35-25-37-29(21-13-5-7-15-31-21)30(41(25)27,22-14-6-8-16-32-22)42-26(38-29)36-24-34-18-10-2-4-12-20(18)40(24)28(42)44/h1-16,25,37H,(H,33,35)(H,34,36,38)/t25?,29-,30+/m1/s1. The summed E-state index contributed by atoms with van der Waals surface area (Å²) in [6.45, 7) is 0. The number of nitrogens with one attached hydrogen (secondary N) is 3. The van der Waals surface area contributed by atoms with Gasteiger partial charge in [-0.25, -0.2) is 38.4 Å². The Bertz CT molecular complexity index is 2400. The Morgan fingerprint density at radius 3 is 2.14 bits per heavy atom. The lowest BCUT2D eigenvalue weighted by Gasteiger charge is -2.44. The van der Waals surface area contributed by atoms with Crippen molar-refractivity contribution in [1.29, 1.82) is 0 Å². The van der Waals surface area contributed by atoms with Gasteiger partial charge in [0.05, 0.1) is 33.5 Å². The fraction of sp³-hybridized carbons (Fsp3) is 0.100. The topological polar surface area (TPSA) is 152 Å². The maximum absolute atomic E-state index is 15.0. The predicted molar refractivity (Wildman–Crippen MR) is 159 cm³/mol. The number of para-hydroxylation sites is 4. The van der Waals surface area contributed by atoms with Crippen molar-refractivity contribution in [3.8, 4) is 0 Å². The third-order valence-electron chi connectivity index (χ3n) is 8.74. The molecule has 8 heterocycles. The fourth-order valence-corrected chi connectivity index (χ4v) is 7.09. The Balaban J connectivity index is 1.37. The zero-order chi connectivity index (χ0) is 29.2. The first kappa shape index (κ1) is 23.4. The summed E-state index contributed by atoms with van der Waals surface area (Å²) in [5, 5.41) is 10.5. The molecule has 0 radical (unpaired) electrons. The van der Waals surface area contributed by atoms with Crippen molar-refractivity contribution < 1.29 is 4.79 Å². The SMILES string of the molecule is O=C1N2C(Nc3nc4ccccc4n31)N[C@]1(c3ccccn3)Nc3nc4nc5ccccc5n4c(=O)n3[C@]21c1ccccn1. The van der Waals surface area contributed by atoms with Crippen LogP contribution in [0, 0.1) is 0 Å². The molecule has 14 nitrogen and oxygen atoms in total. The number of aromatic nitrogens is 8. The van der Waals surface area contributed by atoms with Gasteiger partial charge in [-0.1, -0.05) is 36.4 Å². The summed E-state index contributed by atoms with van der Waals surface area (Å²) in [5.41, 5.74) is -0.0882. The zero-order valence-corrected chi connectivity index (χ0v) is 22.7. The maximum Gasteiger partial charge on any atom is 0.340 e. The van der Waals surface area contributed by atoms with Crippen LogP contribution in [0.25, 0.3) is 27.8 Å². The fourth-order valence-electron chi connectivity index (χ4n) is 7.09. The molecule has 14 heteroatoms. The second kappa shape index (κ2) is 7.81. The molecule has 212 valence electrons. The van der Waals surface area contributed by atoms with Gasteiger partial charge in [0.25, 0.3) is 0 Å². The average molecular weight is 581 g/mol. The number of amides is 1. The van der Waals surface area contributed by atoms with Gasteiger partial charge >= 0.3 is 11.7 Å². The molecular formula is C30H20N12O2. The molecular weight excluding hydrogens is 560 g/mol. The van der Waals surface area contributed by atoms with E-state index in [0.717, 1.165) is 0 Å². The highest BCUT2D eigenvalue weighted by Gasteiger charge is 2.75. The monoisotopic (exact) mass is 580 g/mol. The third-order valence-corrected chi connectivity index (χ3v) is 8.74. The molecule has 1 unspecified atom stereocenters. The van der Waals surface area contributed by atoms with Crippen LogP contribution in [0.2, 0.25) is 0 Å². The minimum atomic E-state index is -1.65. The number of fused-ring (bicyclic) bond motifs is 11. The molecule has 2 aromatic carbocycles. The summed E-state index contributed by atoms with van der Waals surface area (Å²) in [4.78, 5) is 55.2. The minimum absolute atomic E-state index is 0.203. The van der Waals surface area contributed by atoms with Crippen molar-refractivity contribution in [2.45, 2.75) is 17.6 Å². The van der Waals surface area contributed by atoms with Crippen molar-refractivity contribution >= 4 is 45.8 Å². The van der Waals surface area contributed by atoms with E-state index in [9.17, 15) is 9.59 Å². The number of nitrogens with zero attached hydrogens (tertiary/aromatic N) is 9. The van der Waals surface area contributed by atoms with E-state index in [4.69, 9.17) is 19.9 Å². The highest BCUT2D eigenvalue weighted by molar-refractivity contribution is 5.95. The molecule has 5 aromatic heterocycles. The van der Waals surface area contributed by atoms with Crippen molar-refractivity contribution in [3.05, 3.63) is 119 Å². The van der Waals surface area contributed by atoms with Crippen molar-refractivity contribution in [2.75, 3.05) is 10.6 Å². The van der Waals surface area contributed by atoms with Crippen LogP contribution in [-0.4, -0.2) is 55.7 Å². The lowest BCUT2D eigenvalue weighted by atomic mass is 9.87. The van der Waals surface area contributed by atoms with Gasteiger partial charge in [-0.2, -0.15) is 4.98 Å². The number of rotatable bonds is 2. The Morgan fingerprint density at radius 2 is 1.39 bits per heavy atom. The highest BCUT2D eigenvalue weighted by Crippen LogP contribution is 2.55. The van der Waals surface area contributed by atoms with E-state index in [1.54, 1.807) is 29.4 Å². The van der Waals surface area contributed by atoms with Crippen LogP contribution >= 0.6 is 0 Å². The molecule has 3 aliphatic heterocycles. The molecule has 0 spiro atoms. The summed E-state index contributed by atoms with van der Waals surface area (Å²) in [5.74, 6) is 0.804. The quantitative estimate of drug-likeness (QED) is 0.278. The molecule has 1 amide bonds. The molecule has 1 fully saturated rings. The second-order valence-corrected chi connectivity index (χ2v) is 10.9. The molecule has 3 aliphatic rings. The number of carbonyl (C=O) groups is 1. The van der Waals surface area contributed by atoms with E-state index >= 15 is 0 Å². The number of hydrogen-bond acceptors (Lipinski definition) is 10. The Kier molecular flexibility index (Phi) is 4.16. The van der Waals surface area contributed by atoms with Gasteiger partial charge < -0.3 is 10.6 Å². The number of benzene rings is 2. The van der Waals surface area contributed by atoms with Crippen LogP contribution in [0.5, 0.6) is 0 Å². The predicted octanol–water partition coefficient (Wildman–Crippen LogP) is 2.45. The minimum Gasteiger partial charge on any atom is -0.328 e. The summed E-state index contributed by atoms with van der Waals surface area (Å²) >= 11 is 0. The van der Waals surface area contributed by atoms with Crippen LogP contribution in [-0.2, 0) is 11.3 Å². The van der Waals surface area contributed by atoms with E-state index in [-0.39, 0.29) is 11.7 Å². The van der Waals surface area contributed by atoms with Crippen LogP contribution in [0.15, 0.2) is 102 Å². The van der Waals surface area contributed by atoms with E-state index in [2.05, 4.69) is 20.9 Å². The summed E-state index contributed by atoms with van der Waals surface area (Å²) in [6, 6.07) is 25.3.